The number of ether oxygens (including phenoxy) is 2. The van der Waals surface area contributed by atoms with E-state index in [1.165, 1.54) is 4.90 Å². The second kappa shape index (κ2) is 6.36. The van der Waals surface area contributed by atoms with Crippen LogP contribution in [0.15, 0.2) is 0 Å². The SMILES string of the molecule is CC(C)(C)OC(=O)N1CCOCC1C(O)CCN. The number of aliphatic hydroxyl groups excluding tert-OH is 1. The van der Waals surface area contributed by atoms with Gasteiger partial charge >= 0.3 is 6.09 Å². The fourth-order valence-electron chi connectivity index (χ4n) is 1.85. The first-order chi connectivity index (χ1) is 8.35. The van der Waals surface area contributed by atoms with Crippen LogP contribution in [0.2, 0.25) is 0 Å². The fraction of sp³-hybridized carbons (Fsp3) is 0.917. The van der Waals surface area contributed by atoms with Crippen LogP contribution in [0, 0.1) is 0 Å². The van der Waals surface area contributed by atoms with Crippen LogP contribution in [0.25, 0.3) is 0 Å². The molecule has 106 valence electrons. The summed E-state index contributed by atoms with van der Waals surface area (Å²) in [5.41, 5.74) is 4.88. The number of carbonyl (C=O) groups is 1. The largest absolute Gasteiger partial charge is 0.444 e. The molecule has 0 aliphatic carbocycles. The number of amides is 1. The maximum absolute atomic E-state index is 12.0. The van der Waals surface area contributed by atoms with Gasteiger partial charge < -0.3 is 20.3 Å². The maximum Gasteiger partial charge on any atom is 0.410 e. The van der Waals surface area contributed by atoms with Crippen molar-refractivity contribution < 1.29 is 19.4 Å². The summed E-state index contributed by atoms with van der Waals surface area (Å²) in [5, 5.41) is 9.98. The van der Waals surface area contributed by atoms with E-state index in [0.29, 0.717) is 32.7 Å². The first-order valence-corrected chi connectivity index (χ1v) is 6.30. The molecule has 0 spiro atoms. The minimum Gasteiger partial charge on any atom is -0.444 e. The summed E-state index contributed by atoms with van der Waals surface area (Å²) in [6.45, 7) is 7.04. The lowest BCUT2D eigenvalue weighted by molar-refractivity contribution is -0.0672. The molecule has 0 bridgehead atoms. The van der Waals surface area contributed by atoms with Gasteiger partial charge in [0, 0.05) is 6.54 Å². The summed E-state index contributed by atoms with van der Waals surface area (Å²) in [7, 11) is 0. The number of aliphatic hydroxyl groups is 1. The minimum absolute atomic E-state index is 0.320. The summed E-state index contributed by atoms with van der Waals surface area (Å²) in [6, 6.07) is -0.378. The van der Waals surface area contributed by atoms with Crippen LogP contribution in [0.3, 0.4) is 0 Å². The van der Waals surface area contributed by atoms with E-state index in [-0.39, 0.29) is 6.04 Å². The van der Waals surface area contributed by atoms with Crippen LogP contribution in [0.1, 0.15) is 27.2 Å². The van der Waals surface area contributed by atoms with Crippen molar-refractivity contribution in [3.05, 3.63) is 0 Å². The second-order valence-electron chi connectivity index (χ2n) is 5.46. The number of morpholine rings is 1. The van der Waals surface area contributed by atoms with Gasteiger partial charge in [0.25, 0.3) is 0 Å². The Bertz CT molecular complexity index is 278. The molecule has 1 aliphatic heterocycles. The third-order valence-electron chi connectivity index (χ3n) is 2.70. The van der Waals surface area contributed by atoms with E-state index in [9.17, 15) is 9.90 Å². The molecule has 2 unspecified atom stereocenters. The quantitative estimate of drug-likeness (QED) is 0.764. The Hall–Kier alpha value is -0.850. The molecule has 0 saturated carbocycles. The van der Waals surface area contributed by atoms with Gasteiger partial charge in [-0.05, 0) is 33.7 Å². The molecule has 1 heterocycles. The molecule has 0 radical (unpaired) electrons. The Labute approximate surface area is 108 Å². The molecule has 0 aromatic heterocycles. The molecule has 1 amide bonds. The van der Waals surface area contributed by atoms with Crippen molar-refractivity contribution in [2.75, 3.05) is 26.3 Å². The van der Waals surface area contributed by atoms with E-state index in [0.717, 1.165) is 0 Å². The van der Waals surface area contributed by atoms with Crippen molar-refractivity contribution in [3.63, 3.8) is 0 Å². The Morgan fingerprint density at radius 3 is 2.83 bits per heavy atom. The van der Waals surface area contributed by atoms with Crippen molar-refractivity contribution >= 4 is 6.09 Å². The second-order valence-corrected chi connectivity index (χ2v) is 5.46. The Morgan fingerprint density at radius 2 is 2.28 bits per heavy atom. The van der Waals surface area contributed by atoms with Crippen molar-refractivity contribution in [2.24, 2.45) is 5.73 Å². The predicted octanol–water partition coefficient (Wildman–Crippen LogP) is 0.332. The van der Waals surface area contributed by atoms with Gasteiger partial charge in [-0.15, -0.1) is 0 Å². The van der Waals surface area contributed by atoms with Gasteiger partial charge in [0.2, 0.25) is 0 Å². The number of carbonyl (C=O) groups excluding carboxylic acids is 1. The first-order valence-electron chi connectivity index (χ1n) is 6.30. The average Bonchev–Trinajstić information content (AvgIpc) is 2.27. The number of hydrogen-bond acceptors (Lipinski definition) is 5. The molecule has 6 nitrogen and oxygen atoms in total. The molecule has 18 heavy (non-hydrogen) atoms. The molecule has 0 aromatic rings. The molecule has 1 rings (SSSR count). The van der Waals surface area contributed by atoms with E-state index < -0.39 is 17.8 Å². The average molecular weight is 260 g/mol. The lowest BCUT2D eigenvalue weighted by Gasteiger charge is -2.38. The van der Waals surface area contributed by atoms with Crippen LogP contribution in [0.4, 0.5) is 4.79 Å². The van der Waals surface area contributed by atoms with Crippen molar-refractivity contribution in [2.45, 2.75) is 44.9 Å². The van der Waals surface area contributed by atoms with Gasteiger partial charge in [0.05, 0.1) is 25.4 Å². The number of nitrogens with zero attached hydrogens (tertiary/aromatic N) is 1. The van der Waals surface area contributed by atoms with Crippen LogP contribution in [-0.2, 0) is 9.47 Å². The normalized spacial score (nSPS) is 22.7. The smallest absolute Gasteiger partial charge is 0.410 e. The van der Waals surface area contributed by atoms with Crippen molar-refractivity contribution in [3.8, 4) is 0 Å². The van der Waals surface area contributed by atoms with Gasteiger partial charge in [-0.25, -0.2) is 4.79 Å². The Kier molecular flexibility index (Phi) is 5.37. The summed E-state index contributed by atoms with van der Waals surface area (Å²) in [6.07, 6.45) is -0.650. The standard InChI is InChI=1S/C12H24N2O4/c1-12(2,3)18-11(16)14-6-7-17-8-9(14)10(15)4-5-13/h9-10,15H,4-8,13H2,1-3H3. The highest BCUT2D eigenvalue weighted by molar-refractivity contribution is 5.68. The van der Waals surface area contributed by atoms with Gasteiger partial charge in [-0.2, -0.15) is 0 Å². The zero-order valence-corrected chi connectivity index (χ0v) is 11.4. The van der Waals surface area contributed by atoms with E-state index >= 15 is 0 Å². The zero-order valence-electron chi connectivity index (χ0n) is 11.4. The Morgan fingerprint density at radius 1 is 1.61 bits per heavy atom. The van der Waals surface area contributed by atoms with Crippen LogP contribution in [0.5, 0.6) is 0 Å². The monoisotopic (exact) mass is 260 g/mol. The third-order valence-corrected chi connectivity index (χ3v) is 2.70. The van der Waals surface area contributed by atoms with E-state index in [2.05, 4.69) is 0 Å². The van der Waals surface area contributed by atoms with Gasteiger partial charge in [-0.3, -0.25) is 4.90 Å². The van der Waals surface area contributed by atoms with Gasteiger partial charge in [0.15, 0.2) is 0 Å². The highest BCUT2D eigenvalue weighted by Gasteiger charge is 2.34. The summed E-state index contributed by atoms with van der Waals surface area (Å²) >= 11 is 0. The molecular formula is C12H24N2O4. The van der Waals surface area contributed by atoms with Crippen LogP contribution >= 0.6 is 0 Å². The summed E-state index contributed by atoms with van der Waals surface area (Å²) < 4.78 is 10.6. The van der Waals surface area contributed by atoms with Gasteiger partial charge in [-0.1, -0.05) is 0 Å². The fourth-order valence-corrected chi connectivity index (χ4v) is 1.85. The van der Waals surface area contributed by atoms with E-state index in [4.69, 9.17) is 15.2 Å². The van der Waals surface area contributed by atoms with Crippen LogP contribution < -0.4 is 5.73 Å². The van der Waals surface area contributed by atoms with Crippen molar-refractivity contribution in [1.29, 1.82) is 0 Å². The lowest BCUT2D eigenvalue weighted by Crippen LogP contribution is -2.55. The highest BCUT2D eigenvalue weighted by atomic mass is 16.6. The van der Waals surface area contributed by atoms with Crippen LogP contribution in [-0.4, -0.2) is 60.1 Å². The lowest BCUT2D eigenvalue weighted by atomic mass is 10.1. The molecule has 1 aliphatic rings. The maximum atomic E-state index is 12.0. The van der Waals surface area contributed by atoms with Gasteiger partial charge in [0.1, 0.15) is 5.60 Å². The number of hydrogen-bond donors (Lipinski definition) is 2. The minimum atomic E-state index is -0.678. The summed E-state index contributed by atoms with van der Waals surface area (Å²) in [4.78, 5) is 13.6. The third kappa shape index (κ3) is 4.44. The highest BCUT2D eigenvalue weighted by Crippen LogP contribution is 2.17. The molecule has 6 heteroatoms. The predicted molar refractivity (Wildman–Crippen MR) is 67.2 cm³/mol. The summed E-state index contributed by atoms with van der Waals surface area (Å²) in [5.74, 6) is 0. The number of nitrogens with two attached hydrogens (primary N) is 1. The van der Waals surface area contributed by atoms with E-state index in [1.807, 2.05) is 20.8 Å². The Balaban J connectivity index is 2.67. The molecule has 2 atom stereocenters. The zero-order chi connectivity index (χ0) is 13.8. The number of rotatable bonds is 3. The topological polar surface area (TPSA) is 85.0 Å². The molecule has 1 saturated heterocycles. The molecule has 0 aromatic carbocycles. The molecule has 3 N–H and O–H groups in total. The molecular weight excluding hydrogens is 236 g/mol. The van der Waals surface area contributed by atoms with Crippen molar-refractivity contribution in [1.82, 2.24) is 4.90 Å². The first kappa shape index (κ1) is 15.2. The van der Waals surface area contributed by atoms with E-state index in [1.54, 1.807) is 0 Å². The molecule has 1 fully saturated rings.